The van der Waals surface area contributed by atoms with Crippen molar-refractivity contribution in [3.05, 3.63) is 61.9 Å². The van der Waals surface area contributed by atoms with Crippen molar-refractivity contribution in [1.29, 1.82) is 0 Å². The number of halogens is 1. The Morgan fingerprint density at radius 1 is 1.30 bits per heavy atom. The van der Waals surface area contributed by atoms with Crippen LogP contribution in [-0.4, -0.2) is 23.2 Å². The number of carbonyl (C=O) groups excluding carboxylic acids is 1. The van der Waals surface area contributed by atoms with Gasteiger partial charge in [0.1, 0.15) is 0 Å². The molecule has 1 aromatic heterocycles. The van der Waals surface area contributed by atoms with Crippen molar-refractivity contribution in [3.8, 4) is 5.75 Å². The van der Waals surface area contributed by atoms with Crippen LogP contribution < -0.4 is 21.2 Å². The van der Waals surface area contributed by atoms with Gasteiger partial charge in [0, 0.05) is 11.6 Å². The molecule has 3 N–H and O–H groups in total. The molecule has 7 nitrogen and oxygen atoms in total. The number of rotatable bonds is 5. The minimum absolute atomic E-state index is 0.0550. The van der Waals surface area contributed by atoms with Crippen LogP contribution in [-0.2, 0) is 11.2 Å². The van der Waals surface area contributed by atoms with E-state index in [-0.39, 0.29) is 17.7 Å². The predicted molar refractivity (Wildman–Crippen MR) is 80.9 cm³/mol. The molecule has 0 saturated carbocycles. The smallest absolute Gasteiger partial charge is 0.266 e. The normalized spacial score (nSPS) is 11.8. The number of amides is 1. The maximum absolute atomic E-state index is 13.7. The van der Waals surface area contributed by atoms with Crippen LogP contribution in [0.3, 0.4) is 0 Å². The first-order chi connectivity index (χ1) is 10.9. The molecule has 0 saturated heterocycles. The van der Waals surface area contributed by atoms with E-state index in [1.54, 1.807) is 13.0 Å². The van der Waals surface area contributed by atoms with Crippen LogP contribution in [0.4, 0.5) is 4.39 Å². The van der Waals surface area contributed by atoms with Gasteiger partial charge in [0.25, 0.3) is 11.1 Å². The fourth-order valence-electron chi connectivity index (χ4n) is 2.09. The van der Waals surface area contributed by atoms with Crippen LogP contribution in [0.5, 0.6) is 5.75 Å². The Balaban J connectivity index is 2.07. The Kier molecular flexibility index (Phi) is 4.95. The molecule has 1 amide bonds. The number of carbonyl (C=O) groups is 1. The molecule has 2 aromatic rings. The molecule has 0 unspecified atom stereocenters. The van der Waals surface area contributed by atoms with Gasteiger partial charge in [-0.3, -0.25) is 24.6 Å². The molecule has 0 aliphatic heterocycles. The summed E-state index contributed by atoms with van der Waals surface area (Å²) in [6.07, 6.45) is -0.248. The molecule has 23 heavy (non-hydrogen) atoms. The van der Waals surface area contributed by atoms with Crippen molar-refractivity contribution < 1.29 is 13.9 Å². The van der Waals surface area contributed by atoms with Gasteiger partial charge in [-0.25, -0.2) is 4.39 Å². The molecule has 0 radical (unpaired) electrons. The second kappa shape index (κ2) is 6.91. The first-order valence-corrected chi connectivity index (χ1v) is 6.84. The van der Waals surface area contributed by atoms with E-state index in [0.717, 1.165) is 6.07 Å². The fraction of sp³-hybridized carbons (Fsp3) is 0.267. The van der Waals surface area contributed by atoms with Crippen LogP contribution in [0.15, 0.2) is 33.9 Å². The van der Waals surface area contributed by atoms with E-state index >= 15 is 0 Å². The monoisotopic (exact) mass is 321 g/mol. The summed E-state index contributed by atoms with van der Waals surface area (Å²) < 4.78 is 18.5. The second-order valence-electron chi connectivity index (χ2n) is 4.97. The van der Waals surface area contributed by atoms with E-state index in [2.05, 4.69) is 15.5 Å². The number of hydrogen-bond acceptors (Lipinski definition) is 4. The summed E-state index contributed by atoms with van der Waals surface area (Å²) in [6.45, 7) is 1.68. The predicted octanol–water partition coefficient (Wildman–Crippen LogP) is 0.631. The van der Waals surface area contributed by atoms with Gasteiger partial charge >= 0.3 is 0 Å². The summed E-state index contributed by atoms with van der Waals surface area (Å²) in [5.74, 6) is -0.871. The number of hydrogen-bond donors (Lipinski definition) is 3. The first-order valence-electron chi connectivity index (χ1n) is 6.84. The molecule has 1 atom stereocenters. The van der Waals surface area contributed by atoms with Gasteiger partial charge in [-0.05, 0) is 24.6 Å². The molecule has 0 spiro atoms. The molecule has 8 heteroatoms. The van der Waals surface area contributed by atoms with Crippen LogP contribution >= 0.6 is 0 Å². The zero-order valence-electron chi connectivity index (χ0n) is 12.6. The van der Waals surface area contributed by atoms with Crippen LogP contribution in [0.2, 0.25) is 0 Å². The quantitative estimate of drug-likeness (QED) is 0.751. The van der Waals surface area contributed by atoms with Crippen molar-refractivity contribution in [3.63, 3.8) is 0 Å². The van der Waals surface area contributed by atoms with Gasteiger partial charge in [0.05, 0.1) is 19.6 Å². The molecule has 0 bridgehead atoms. The number of aromatic nitrogens is 2. The zero-order valence-corrected chi connectivity index (χ0v) is 12.6. The fourth-order valence-corrected chi connectivity index (χ4v) is 2.09. The van der Waals surface area contributed by atoms with Gasteiger partial charge in [0.2, 0.25) is 5.91 Å². The summed E-state index contributed by atoms with van der Waals surface area (Å²) in [4.78, 5) is 34.6. The third-order valence-electron chi connectivity index (χ3n) is 3.30. The van der Waals surface area contributed by atoms with E-state index in [0.29, 0.717) is 5.56 Å². The molecule has 2 rings (SSSR count). The number of ether oxygens (including phenoxy) is 1. The summed E-state index contributed by atoms with van der Waals surface area (Å²) in [6, 6.07) is 4.96. The Hall–Kier alpha value is -2.90. The van der Waals surface area contributed by atoms with Crippen LogP contribution in [0.25, 0.3) is 0 Å². The topological polar surface area (TPSA) is 104 Å². The largest absolute Gasteiger partial charge is 0.494 e. The Labute approximate surface area is 130 Å². The number of aromatic amines is 2. The van der Waals surface area contributed by atoms with Gasteiger partial charge in [-0.1, -0.05) is 6.07 Å². The minimum atomic E-state index is -0.539. The van der Waals surface area contributed by atoms with E-state index in [4.69, 9.17) is 4.74 Å². The van der Waals surface area contributed by atoms with Gasteiger partial charge < -0.3 is 10.1 Å². The number of benzene rings is 1. The summed E-state index contributed by atoms with van der Waals surface area (Å²) >= 11 is 0. The lowest BCUT2D eigenvalue weighted by atomic mass is 10.1. The van der Waals surface area contributed by atoms with Crippen LogP contribution in [0, 0.1) is 5.82 Å². The lowest BCUT2D eigenvalue weighted by Gasteiger charge is -2.15. The number of methoxy groups -OCH3 is 1. The van der Waals surface area contributed by atoms with E-state index in [9.17, 15) is 18.8 Å². The standard InChI is InChI=1S/C15H16FN3O4/c1-8(9-3-4-12(23-2)11(16)5-9)17-13(20)6-10-7-14(21)18-19-15(10)22/h3-5,7-8H,6H2,1-2H3,(H,17,20)(H,18,21)(H,19,22)/t8-/m1/s1. The van der Waals surface area contributed by atoms with E-state index in [1.807, 2.05) is 0 Å². The molecular formula is C15H16FN3O4. The maximum Gasteiger partial charge on any atom is 0.266 e. The summed E-state index contributed by atoms with van der Waals surface area (Å²) in [7, 11) is 1.36. The van der Waals surface area contributed by atoms with Crippen molar-refractivity contribution in [2.24, 2.45) is 0 Å². The highest BCUT2D eigenvalue weighted by Gasteiger charge is 2.14. The highest BCUT2D eigenvalue weighted by atomic mass is 19.1. The van der Waals surface area contributed by atoms with E-state index < -0.39 is 28.9 Å². The summed E-state index contributed by atoms with van der Waals surface area (Å²) in [5.41, 5.74) is -0.434. The Morgan fingerprint density at radius 2 is 2.04 bits per heavy atom. The molecule has 0 aliphatic rings. The highest BCUT2D eigenvalue weighted by Crippen LogP contribution is 2.21. The average Bonchev–Trinajstić information content (AvgIpc) is 2.50. The van der Waals surface area contributed by atoms with Crippen molar-refractivity contribution in [1.82, 2.24) is 15.5 Å². The maximum atomic E-state index is 13.7. The minimum Gasteiger partial charge on any atom is -0.494 e. The second-order valence-corrected chi connectivity index (χ2v) is 4.97. The van der Waals surface area contributed by atoms with Gasteiger partial charge in [-0.15, -0.1) is 0 Å². The third kappa shape index (κ3) is 4.06. The third-order valence-corrected chi connectivity index (χ3v) is 3.30. The molecular weight excluding hydrogens is 305 g/mol. The lowest BCUT2D eigenvalue weighted by molar-refractivity contribution is -0.121. The first kappa shape index (κ1) is 16.5. The summed E-state index contributed by atoms with van der Waals surface area (Å²) in [5, 5.41) is 6.91. The van der Waals surface area contributed by atoms with Gasteiger partial charge in [0.15, 0.2) is 11.6 Å². The van der Waals surface area contributed by atoms with Crippen molar-refractivity contribution in [2.75, 3.05) is 7.11 Å². The number of H-pyrrole nitrogens is 2. The molecule has 0 aliphatic carbocycles. The van der Waals surface area contributed by atoms with Crippen LogP contribution in [0.1, 0.15) is 24.1 Å². The van der Waals surface area contributed by atoms with Gasteiger partial charge in [-0.2, -0.15) is 0 Å². The molecule has 1 heterocycles. The molecule has 122 valence electrons. The van der Waals surface area contributed by atoms with Crippen molar-refractivity contribution in [2.45, 2.75) is 19.4 Å². The Bertz CT molecular complexity index is 828. The highest BCUT2D eigenvalue weighted by molar-refractivity contribution is 5.78. The number of nitrogens with one attached hydrogen (secondary N) is 3. The zero-order chi connectivity index (χ0) is 17.0. The molecule has 1 aromatic carbocycles. The molecule has 0 fully saturated rings. The average molecular weight is 321 g/mol. The Morgan fingerprint density at radius 3 is 2.70 bits per heavy atom. The van der Waals surface area contributed by atoms with E-state index in [1.165, 1.54) is 19.2 Å². The lowest BCUT2D eigenvalue weighted by Crippen LogP contribution is -2.31. The van der Waals surface area contributed by atoms with Crippen molar-refractivity contribution >= 4 is 5.91 Å². The SMILES string of the molecule is COc1ccc([C@@H](C)NC(=O)Cc2cc(=O)[nH][nH]c2=O)cc1F.